The Hall–Kier alpha value is -4.97. The molecule has 2 atom stereocenters. The van der Waals surface area contributed by atoms with Gasteiger partial charge < -0.3 is 9.64 Å². The van der Waals surface area contributed by atoms with Crippen LogP contribution in [0.3, 0.4) is 0 Å². The molecule has 2 unspecified atom stereocenters. The zero-order chi connectivity index (χ0) is 28.9. The predicted molar refractivity (Wildman–Crippen MR) is 160 cm³/mol. The summed E-state index contributed by atoms with van der Waals surface area (Å²) in [5.41, 5.74) is 5.84. The molecule has 5 rings (SSSR count). The Kier molecular flexibility index (Phi) is 8.11. The van der Waals surface area contributed by atoms with E-state index in [9.17, 15) is 14.4 Å². The standard InChI is InChI=1S/C35H32N2O4/c1-24-14-18-28(19-15-24)36(31(23-33(38)35(40)41-3)27-12-8-5-9-13-27)32-22-30(26-10-6-4-7-11-26)37(34(32)39)29-20-16-25(2)17-21-29/h4-22,30-31H,23H2,1-3H3. The maximum atomic E-state index is 14.5. The quantitative estimate of drug-likeness (QED) is 0.174. The van der Waals surface area contributed by atoms with Crippen molar-refractivity contribution in [2.24, 2.45) is 0 Å². The van der Waals surface area contributed by atoms with Gasteiger partial charge in [0.05, 0.1) is 19.2 Å². The van der Waals surface area contributed by atoms with Gasteiger partial charge in [0.15, 0.2) is 0 Å². The van der Waals surface area contributed by atoms with Crippen molar-refractivity contribution in [3.05, 3.63) is 143 Å². The summed E-state index contributed by atoms with van der Waals surface area (Å²) < 4.78 is 4.76. The summed E-state index contributed by atoms with van der Waals surface area (Å²) in [4.78, 5) is 43.5. The van der Waals surface area contributed by atoms with E-state index in [-0.39, 0.29) is 18.4 Å². The maximum absolute atomic E-state index is 14.5. The average molecular weight is 545 g/mol. The van der Waals surface area contributed by atoms with Crippen molar-refractivity contribution >= 4 is 29.0 Å². The third kappa shape index (κ3) is 5.82. The highest BCUT2D eigenvalue weighted by Crippen LogP contribution is 2.42. The molecule has 0 aliphatic carbocycles. The van der Waals surface area contributed by atoms with E-state index in [0.717, 1.165) is 33.6 Å². The van der Waals surface area contributed by atoms with E-state index in [1.807, 2.05) is 134 Å². The van der Waals surface area contributed by atoms with Crippen molar-refractivity contribution in [1.29, 1.82) is 0 Å². The normalized spacial score (nSPS) is 15.3. The van der Waals surface area contributed by atoms with E-state index in [0.29, 0.717) is 5.70 Å². The second kappa shape index (κ2) is 12.0. The lowest BCUT2D eigenvalue weighted by Gasteiger charge is -2.34. The third-order valence-corrected chi connectivity index (χ3v) is 7.34. The molecule has 0 spiro atoms. The van der Waals surface area contributed by atoms with Gasteiger partial charge in [-0.3, -0.25) is 14.5 Å². The summed E-state index contributed by atoms with van der Waals surface area (Å²) in [6, 6.07) is 34.0. The first-order valence-corrected chi connectivity index (χ1v) is 13.6. The molecule has 1 aliphatic rings. The molecule has 41 heavy (non-hydrogen) atoms. The maximum Gasteiger partial charge on any atom is 0.374 e. The van der Waals surface area contributed by atoms with Crippen LogP contribution in [0.4, 0.5) is 11.4 Å². The largest absolute Gasteiger partial charge is 0.463 e. The molecule has 4 aromatic rings. The molecule has 6 heteroatoms. The lowest BCUT2D eigenvalue weighted by atomic mass is 9.97. The average Bonchev–Trinajstić information content (AvgIpc) is 3.34. The monoisotopic (exact) mass is 544 g/mol. The molecule has 1 aliphatic heterocycles. The second-order valence-electron chi connectivity index (χ2n) is 10.2. The molecule has 6 nitrogen and oxygen atoms in total. The van der Waals surface area contributed by atoms with Crippen LogP contribution in [-0.2, 0) is 19.1 Å². The Bertz CT molecular complexity index is 1560. The van der Waals surface area contributed by atoms with Crippen molar-refractivity contribution in [3.63, 3.8) is 0 Å². The fourth-order valence-electron chi connectivity index (χ4n) is 5.21. The summed E-state index contributed by atoms with van der Waals surface area (Å²) in [6.45, 7) is 4.00. The summed E-state index contributed by atoms with van der Waals surface area (Å²) in [5, 5.41) is 0. The van der Waals surface area contributed by atoms with Gasteiger partial charge in [-0.15, -0.1) is 0 Å². The number of esters is 1. The number of carbonyl (C=O) groups is 3. The summed E-state index contributed by atoms with van der Waals surface area (Å²) in [5.74, 6) is -1.78. The Morgan fingerprint density at radius 3 is 1.95 bits per heavy atom. The minimum Gasteiger partial charge on any atom is -0.463 e. The number of methoxy groups -OCH3 is 1. The number of nitrogens with zero attached hydrogens (tertiary/aromatic N) is 2. The van der Waals surface area contributed by atoms with Crippen molar-refractivity contribution in [2.75, 3.05) is 16.9 Å². The number of ether oxygens (including phenoxy) is 1. The van der Waals surface area contributed by atoms with Crippen LogP contribution in [0.5, 0.6) is 0 Å². The molecule has 4 aromatic carbocycles. The first kappa shape index (κ1) is 27.6. The smallest absolute Gasteiger partial charge is 0.374 e. The molecule has 206 valence electrons. The number of amides is 1. The van der Waals surface area contributed by atoms with Crippen LogP contribution in [0, 0.1) is 13.8 Å². The van der Waals surface area contributed by atoms with E-state index in [2.05, 4.69) is 0 Å². The lowest BCUT2D eigenvalue weighted by molar-refractivity contribution is -0.151. The van der Waals surface area contributed by atoms with Crippen LogP contribution in [0.15, 0.2) is 121 Å². The molecule has 1 heterocycles. The fraction of sp³-hybridized carbons (Fsp3) is 0.171. The number of ketones is 1. The third-order valence-electron chi connectivity index (χ3n) is 7.34. The van der Waals surface area contributed by atoms with Crippen molar-refractivity contribution < 1.29 is 19.1 Å². The Labute approximate surface area is 240 Å². The van der Waals surface area contributed by atoms with Gasteiger partial charge in [0, 0.05) is 17.8 Å². The Balaban J connectivity index is 1.69. The Morgan fingerprint density at radius 2 is 1.37 bits per heavy atom. The fourth-order valence-corrected chi connectivity index (χ4v) is 5.21. The zero-order valence-electron chi connectivity index (χ0n) is 23.4. The summed E-state index contributed by atoms with van der Waals surface area (Å²) >= 11 is 0. The van der Waals surface area contributed by atoms with Crippen molar-refractivity contribution in [2.45, 2.75) is 32.4 Å². The molecule has 0 fully saturated rings. The van der Waals surface area contributed by atoms with Gasteiger partial charge in [-0.2, -0.15) is 0 Å². The number of Topliss-reactive ketones (excluding diaryl/α,β-unsaturated/α-hetero) is 1. The molecule has 0 aromatic heterocycles. The van der Waals surface area contributed by atoms with E-state index in [4.69, 9.17) is 4.74 Å². The van der Waals surface area contributed by atoms with E-state index in [1.165, 1.54) is 7.11 Å². The minimum absolute atomic E-state index is 0.171. The van der Waals surface area contributed by atoms with Crippen molar-refractivity contribution in [1.82, 2.24) is 0 Å². The lowest BCUT2D eigenvalue weighted by Crippen LogP contribution is -2.37. The number of hydrogen-bond acceptors (Lipinski definition) is 5. The molecule has 0 saturated heterocycles. The molecular weight excluding hydrogens is 512 g/mol. The summed E-state index contributed by atoms with van der Waals surface area (Å²) in [7, 11) is 1.20. The predicted octanol–water partition coefficient (Wildman–Crippen LogP) is 6.66. The zero-order valence-corrected chi connectivity index (χ0v) is 23.4. The Morgan fingerprint density at radius 1 is 0.805 bits per heavy atom. The van der Waals surface area contributed by atoms with Crippen LogP contribution in [0.1, 0.15) is 40.8 Å². The van der Waals surface area contributed by atoms with Gasteiger partial charge in [0.2, 0.25) is 5.78 Å². The molecular formula is C35H32N2O4. The van der Waals surface area contributed by atoms with E-state index >= 15 is 0 Å². The second-order valence-corrected chi connectivity index (χ2v) is 10.2. The topological polar surface area (TPSA) is 66.9 Å². The number of anilines is 2. The van der Waals surface area contributed by atoms with Gasteiger partial charge in [0.25, 0.3) is 5.91 Å². The molecule has 0 bridgehead atoms. The van der Waals surface area contributed by atoms with Crippen LogP contribution in [0.2, 0.25) is 0 Å². The first-order chi connectivity index (χ1) is 19.9. The van der Waals surface area contributed by atoms with Gasteiger partial charge in [0.1, 0.15) is 5.70 Å². The van der Waals surface area contributed by atoms with Crippen LogP contribution in [-0.4, -0.2) is 24.8 Å². The van der Waals surface area contributed by atoms with Crippen molar-refractivity contribution in [3.8, 4) is 0 Å². The molecule has 0 radical (unpaired) electrons. The van der Waals surface area contributed by atoms with Gasteiger partial charge >= 0.3 is 5.97 Å². The first-order valence-electron chi connectivity index (χ1n) is 13.6. The number of benzene rings is 4. The van der Waals surface area contributed by atoms with E-state index < -0.39 is 17.8 Å². The minimum atomic E-state index is -0.912. The number of aryl methyl sites for hydroxylation is 2. The van der Waals surface area contributed by atoms with Crippen LogP contribution >= 0.6 is 0 Å². The van der Waals surface area contributed by atoms with Gasteiger partial charge in [-0.1, -0.05) is 96.1 Å². The summed E-state index contributed by atoms with van der Waals surface area (Å²) in [6.07, 6.45) is 1.78. The van der Waals surface area contributed by atoms with Crippen LogP contribution in [0.25, 0.3) is 0 Å². The highest BCUT2D eigenvalue weighted by atomic mass is 16.5. The molecule has 0 N–H and O–H groups in total. The van der Waals surface area contributed by atoms with Gasteiger partial charge in [-0.25, -0.2) is 4.79 Å². The van der Waals surface area contributed by atoms with Crippen LogP contribution < -0.4 is 9.80 Å². The molecule has 0 saturated carbocycles. The number of rotatable bonds is 9. The highest BCUT2D eigenvalue weighted by Gasteiger charge is 2.40. The SMILES string of the molecule is COC(=O)C(=O)CC(c1ccccc1)N(C1=CC(c2ccccc2)N(c2ccc(C)cc2)C1=O)c1ccc(C)cc1. The van der Waals surface area contributed by atoms with Gasteiger partial charge in [-0.05, 0) is 55.3 Å². The number of hydrogen-bond donors (Lipinski definition) is 0. The highest BCUT2D eigenvalue weighted by molar-refractivity contribution is 6.33. The number of carbonyl (C=O) groups excluding carboxylic acids is 3. The van der Waals surface area contributed by atoms with E-state index in [1.54, 1.807) is 4.90 Å². The molecule has 1 amide bonds.